The fourth-order valence-corrected chi connectivity index (χ4v) is 3.48. The average Bonchev–Trinajstić information content (AvgIpc) is 3.22. The van der Waals surface area contributed by atoms with Crippen LogP contribution in [0, 0.1) is 12.7 Å². The number of hydrogen-bond donors (Lipinski definition) is 1. The van der Waals surface area contributed by atoms with Gasteiger partial charge in [0.2, 0.25) is 5.91 Å². The standard InChI is InChI=1S/C20H21FN2O2S/c1-13-8-9-17(25-13)19-23-14(11-26-19)10-18(24)22-12-20(2,3)15-6-4-5-7-16(15)21/h4-9,11H,10,12H2,1-3H3,(H,22,24). The number of nitrogens with zero attached hydrogens (tertiary/aromatic N) is 1. The first-order chi connectivity index (χ1) is 12.3. The van der Waals surface area contributed by atoms with E-state index < -0.39 is 5.41 Å². The Labute approximate surface area is 156 Å². The van der Waals surface area contributed by atoms with Gasteiger partial charge in [-0.15, -0.1) is 11.3 Å². The molecule has 6 heteroatoms. The van der Waals surface area contributed by atoms with E-state index in [1.54, 1.807) is 18.2 Å². The number of halogens is 1. The molecule has 2 heterocycles. The van der Waals surface area contributed by atoms with Crippen LogP contribution in [-0.4, -0.2) is 17.4 Å². The maximum absolute atomic E-state index is 14.0. The lowest BCUT2D eigenvalue weighted by Gasteiger charge is -2.26. The summed E-state index contributed by atoms with van der Waals surface area (Å²) in [5, 5.41) is 5.50. The maximum atomic E-state index is 14.0. The molecule has 1 N–H and O–H groups in total. The van der Waals surface area contributed by atoms with E-state index in [9.17, 15) is 9.18 Å². The molecule has 0 atom stereocenters. The van der Waals surface area contributed by atoms with Gasteiger partial charge in [0.25, 0.3) is 0 Å². The Morgan fingerprint density at radius 3 is 2.73 bits per heavy atom. The molecular weight excluding hydrogens is 351 g/mol. The van der Waals surface area contributed by atoms with Gasteiger partial charge in [0.05, 0.1) is 12.1 Å². The van der Waals surface area contributed by atoms with Crippen LogP contribution in [0.4, 0.5) is 4.39 Å². The van der Waals surface area contributed by atoms with Crippen molar-refractivity contribution in [2.24, 2.45) is 0 Å². The number of aryl methyl sites for hydroxylation is 1. The number of nitrogens with one attached hydrogen (secondary N) is 1. The number of thiazole rings is 1. The Morgan fingerprint density at radius 2 is 2.04 bits per heavy atom. The molecular formula is C20H21FN2O2S. The molecule has 0 fully saturated rings. The minimum absolute atomic E-state index is 0.137. The van der Waals surface area contributed by atoms with Crippen LogP contribution in [0.3, 0.4) is 0 Å². The van der Waals surface area contributed by atoms with Crippen molar-refractivity contribution in [3.8, 4) is 10.8 Å². The van der Waals surface area contributed by atoms with E-state index in [0.29, 0.717) is 23.6 Å². The average molecular weight is 372 g/mol. The van der Waals surface area contributed by atoms with Gasteiger partial charge in [0.1, 0.15) is 11.6 Å². The van der Waals surface area contributed by atoms with Crippen molar-refractivity contribution < 1.29 is 13.6 Å². The molecule has 2 aromatic heterocycles. The first kappa shape index (κ1) is 18.3. The molecule has 0 radical (unpaired) electrons. The summed E-state index contributed by atoms with van der Waals surface area (Å²) in [6.07, 6.45) is 0.184. The van der Waals surface area contributed by atoms with Gasteiger partial charge in [0, 0.05) is 17.3 Å². The van der Waals surface area contributed by atoms with Gasteiger partial charge in [-0.1, -0.05) is 32.0 Å². The van der Waals surface area contributed by atoms with Crippen LogP contribution >= 0.6 is 11.3 Å². The lowest BCUT2D eigenvalue weighted by atomic mass is 9.84. The SMILES string of the molecule is Cc1ccc(-c2nc(CC(=O)NCC(C)(C)c3ccccc3F)cs2)o1. The topological polar surface area (TPSA) is 55.1 Å². The molecule has 0 saturated carbocycles. The Bertz CT molecular complexity index is 914. The van der Waals surface area contributed by atoms with Crippen LogP contribution in [0.1, 0.15) is 30.9 Å². The zero-order valence-electron chi connectivity index (χ0n) is 15.0. The van der Waals surface area contributed by atoms with Crippen LogP contribution in [0.5, 0.6) is 0 Å². The normalized spacial score (nSPS) is 11.5. The highest BCUT2D eigenvalue weighted by Crippen LogP contribution is 2.26. The number of carbonyl (C=O) groups excluding carboxylic acids is 1. The smallest absolute Gasteiger partial charge is 0.226 e. The van der Waals surface area contributed by atoms with Crippen molar-refractivity contribution >= 4 is 17.2 Å². The Kier molecular flexibility index (Phi) is 5.23. The summed E-state index contributed by atoms with van der Waals surface area (Å²) in [5.74, 6) is 1.14. The molecule has 26 heavy (non-hydrogen) atoms. The quantitative estimate of drug-likeness (QED) is 0.694. The third-order valence-corrected chi connectivity index (χ3v) is 5.08. The van der Waals surface area contributed by atoms with Crippen molar-refractivity contribution in [3.63, 3.8) is 0 Å². The molecule has 0 saturated heterocycles. The monoisotopic (exact) mass is 372 g/mol. The van der Waals surface area contributed by atoms with Gasteiger partial charge < -0.3 is 9.73 Å². The molecule has 0 aliphatic carbocycles. The van der Waals surface area contributed by atoms with E-state index in [2.05, 4.69) is 10.3 Å². The van der Waals surface area contributed by atoms with Gasteiger partial charge in [-0.25, -0.2) is 9.37 Å². The van der Waals surface area contributed by atoms with Crippen molar-refractivity contribution in [3.05, 3.63) is 64.6 Å². The van der Waals surface area contributed by atoms with Gasteiger partial charge in [-0.2, -0.15) is 0 Å². The summed E-state index contributed by atoms with van der Waals surface area (Å²) in [4.78, 5) is 16.7. The molecule has 0 spiro atoms. The molecule has 0 aliphatic heterocycles. The first-order valence-electron chi connectivity index (χ1n) is 8.38. The van der Waals surface area contributed by atoms with E-state index in [1.807, 2.05) is 38.3 Å². The first-order valence-corrected chi connectivity index (χ1v) is 9.26. The van der Waals surface area contributed by atoms with Crippen molar-refractivity contribution in [1.29, 1.82) is 0 Å². The van der Waals surface area contributed by atoms with Gasteiger partial charge in [-0.3, -0.25) is 4.79 Å². The molecule has 0 bridgehead atoms. The van der Waals surface area contributed by atoms with Gasteiger partial charge in [0.15, 0.2) is 10.8 Å². The summed E-state index contributed by atoms with van der Waals surface area (Å²) in [6.45, 7) is 6.04. The summed E-state index contributed by atoms with van der Waals surface area (Å²) in [6, 6.07) is 10.4. The number of amides is 1. The number of benzene rings is 1. The maximum Gasteiger partial charge on any atom is 0.226 e. The van der Waals surface area contributed by atoms with Crippen molar-refractivity contribution in [2.45, 2.75) is 32.6 Å². The second-order valence-corrected chi connectivity index (χ2v) is 7.73. The van der Waals surface area contributed by atoms with Crippen LogP contribution in [0.2, 0.25) is 0 Å². The lowest BCUT2D eigenvalue weighted by Crippen LogP contribution is -2.38. The number of furan rings is 1. The van der Waals surface area contributed by atoms with E-state index >= 15 is 0 Å². The highest BCUT2D eigenvalue weighted by molar-refractivity contribution is 7.13. The number of rotatable bonds is 6. The van der Waals surface area contributed by atoms with E-state index in [-0.39, 0.29) is 18.1 Å². The Hall–Kier alpha value is -2.47. The van der Waals surface area contributed by atoms with Crippen molar-refractivity contribution in [2.75, 3.05) is 6.54 Å². The van der Waals surface area contributed by atoms with E-state index in [1.165, 1.54) is 17.4 Å². The molecule has 0 aliphatic rings. The summed E-state index contributed by atoms with van der Waals surface area (Å²) in [5.41, 5.74) is 0.782. The largest absolute Gasteiger partial charge is 0.459 e. The zero-order chi connectivity index (χ0) is 18.7. The lowest BCUT2D eigenvalue weighted by molar-refractivity contribution is -0.120. The van der Waals surface area contributed by atoms with Crippen LogP contribution in [-0.2, 0) is 16.6 Å². The summed E-state index contributed by atoms with van der Waals surface area (Å²) in [7, 11) is 0. The molecule has 3 rings (SSSR count). The van der Waals surface area contributed by atoms with Crippen LogP contribution in [0.15, 0.2) is 46.2 Å². The second-order valence-electron chi connectivity index (χ2n) is 6.87. The zero-order valence-corrected chi connectivity index (χ0v) is 15.8. The third-order valence-electron chi connectivity index (χ3n) is 4.18. The number of hydrogen-bond acceptors (Lipinski definition) is 4. The van der Waals surface area contributed by atoms with Crippen LogP contribution in [0.25, 0.3) is 10.8 Å². The fourth-order valence-electron chi connectivity index (χ4n) is 2.70. The molecule has 136 valence electrons. The number of aromatic nitrogens is 1. The molecule has 1 amide bonds. The fraction of sp³-hybridized carbons (Fsp3) is 0.300. The minimum Gasteiger partial charge on any atom is -0.459 e. The van der Waals surface area contributed by atoms with Crippen LogP contribution < -0.4 is 5.32 Å². The predicted molar refractivity (Wildman–Crippen MR) is 101 cm³/mol. The molecule has 1 aromatic carbocycles. The highest BCUT2D eigenvalue weighted by Gasteiger charge is 2.24. The highest BCUT2D eigenvalue weighted by atomic mass is 32.1. The Morgan fingerprint density at radius 1 is 1.27 bits per heavy atom. The number of carbonyl (C=O) groups is 1. The third kappa shape index (κ3) is 4.19. The molecule has 0 unspecified atom stereocenters. The summed E-state index contributed by atoms with van der Waals surface area (Å²) >= 11 is 1.45. The van der Waals surface area contributed by atoms with Crippen molar-refractivity contribution in [1.82, 2.24) is 10.3 Å². The predicted octanol–water partition coefficient (Wildman–Crippen LogP) is 4.49. The summed E-state index contributed by atoms with van der Waals surface area (Å²) < 4.78 is 19.5. The molecule has 4 nitrogen and oxygen atoms in total. The second kappa shape index (κ2) is 7.41. The van der Waals surface area contributed by atoms with E-state index in [0.717, 1.165) is 10.8 Å². The van der Waals surface area contributed by atoms with E-state index in [4.69, 9.17) is 4.42 Å². The van der Waals surface area contributed by atoms with Gasteiger partial charge in [-0.05, 0) is 30.7 Å². The molecule has 3 aromatic rings. The minimum atomic E-state index is -0.500. The Balaban J connectivity index is 1.59. The van der Waals surface area contributed by atoms with Gasteiger partial charge >= 0.3 is 0 Å².